The van der Waals surface area contributed by atoms with Crippen LogP contribution in [-0.4, -0.2) is 15.9 Å². The highest BCUT2D eigenvalue weighted by molar-refractivity contribution is 14.2. The zero-order chi connectivity index (χ0) is 15.0. The minimum atomic E-state index is -0.829. The van der Waals surface area contributed by atoms with E-state index in [9.17, 15) is 5.11 Å². The number of hydrogen-bond donors (Lipinski definition) is 1. The summed E-state index contributed by atoms with van der Waals surface area (Å²) in [5.41, 5.74) is 0. The van der Waals surface area contributed by atoms with E-state index in [0.29, 0.717) is 0 Å². The van der Waals surface area contributed by atoms with Crippen molar-refractivity contribution in [2.24, 2.45) is 0 Å². The first-order valence-corrected chi connectivity index (χ1v) is 15.7. The monoisotopic (exact) mass is 1480 g/mol. The molecule has 0 amide bonds. The van der Waals surface area contributed by atoms with Crippen LogP contribution in [0.5, 0.6) is 0 Å². The zero-order valence-electron chi connectivity index (χ0n) is 7.60. The molecule has 12 heteroatoms. The third kappa shape index (κ3) is 3.30. The molecule has 1 fully saturated rings. The predicted octanol–water partition coefficient (Wildman–Crippen LogP) is 7.96. The van der Waals surface area contributed by atoms with Crippen molar-refractivity contribution in [1.82, 2.24) is 0 Å². The van der Waals surface area contributed by atoms with Crippen LogP contribution in [0.4, 0.5) is 0 Å². The average molecular weight is 1490 g/mol. The number of rotatable bonds is 0. The molecule has 1 nitrogen and oxygen atoms in total. The van der Waals surface area contributed by atoms with Crippen LogP contribution in [0, 0.1) is 0 Å². The molecule has 0 aromatic rings. The molecule has 0 radical (unpaired) electrons. The molecule has 1 saturated carbocycles. The molecule has 1 aliphatic rings. The molecule has 0 atom stereocenters. The lowest BCUT2D eigenvalue weighted by atomic mass is 9.97. The van der Waals surface area contributed by atoms with Gasteiger partial charge >= 0.3 is 0 Å². The molecule has 1 rings (SSSR count). The van der Waals surface area contributed by atoms with E-state index in [1.807, 2.05) is 0 Å². The SMILES string of the molecule is OC1(I)C(I)(I)C(I)(I)C(I)(I)C(I)(I)C1(I)I. The first-order chi connectivity index (χ1) is 7.50. The minimum Gasteiger partial charge on any atom is -0.375 e. The van der Waals surface area contributed by atoms with E-state index in [2.05, 4.69) is 248 Å². The molecule has 1 aliphatic carbocycles. The summed E-state index contributed by atoms with van der Waals surface area (Å²) in [6.07, 6.45) is 0. The Hall–Kier alpha value is 7.99. The number of alkyl halides is 11. The van der Waals surface area contributed by atoms with Gasteiger partial charge in [0.2, 0.25) is 0 Å². The Morgan fingerprint density at radius 2 is 0.556 bits per heavy atom. The number of hydrogen-bond acceptors (Lipinski definition) is 1. The van der Waals surface area contributed by atoms with Gasteiger partial charge in [-0.05, 0) is 22.6 Å². The summed E-state index contributed by atoms with van der Waals surface area (Å²) in [4.78, 5) is 0. The van der Waals surface area contributed by atoms with Gasteiger partial charge in [0.25, 0.3) is 0 Å². The highest BCUT2D eigenvalue weighted by atomic mass is 127. The summed E-state index contributed by atoms with van der Waals surface area (Å²) in [5.74, 6) is 0. The van der Waals surface area contributed by atoms with Crippen molar-refractivity contribution in [2.75, 3.05) is 0 Å². The van der Waals surface area contributed by atoms with Crippen molar-refractivity contribution in [3.05, 3.63) is 0 Å². The topological polar surface area (TPSA) is 20.2 Å². The molecule has 0 aliphatic heterocycles. The summed E-state index contributed by atoms with van der Waals surface area (Å²) in [7, 11) is 0. The second-order valence-corrected chi connectivity index (χ2v) is 31.6. The van der Waals surface area contributed by atoms with Gasteiger partial charge in [0.05, 0.1) is 0 Å². The first kappa shape index (κ1) is 24.0. The van der Waals surface area contributed by atoms with E-state index >= 15 is 0 Å². The summed E-state index contributed by atoms with van der Waals surface area (Å²) in [5, 5.41) is 11.3. The maximum absolute atomic E-state index is 11.3. The van der Waals surface area contributed by atoms with E-state index in [0.717, 1.165) is 0 Å². The fraction of sp³-hybridized carbons (Fsp3) is 1.00. The van der Waals surface area contributed by atoms with E-state index in [1.165, 1.54) is 0 Å². The Balaban J connectivity index is 3.72. The number of halogens is 11. The second kappa shape index (κ2) is 7.43. The largest absolute Gasteiger partial charge is 0.375 e. The Bertz CT molecular complexity index is 253. The summed E-state index contributed by atoms with van der Waals surface area (Å²) in [6.45, 7) is 0. The highest BCUT2D eigenvalue weighted by Gasteiger charge is 2.83. The van der Waals surface area contributed by atoms with Gasteiger partial charge in [0.15, 0.2) is 3.61 Å². The van der Waals surface area contributed by atoms with Gasteiger partial charge in [-0.25, -0.2) is 0 Å². The average Bonchev–Trinajstić information content (AvgIpc) is 2.14. The van der Waals surface area contributed by atoms with Crippen LogP contribution in [-0.2, 0) is 0 Å². The molecule has 18 heavy (non-hydrogen) atoms. The smallest absolute Gasteiger partial charge is 0.166 e. The van der Waals surface area contributed by atoms with Gasteiger partial charge in [-0.1, -0.05) is 226 Å². The van der Waals surface area contributed by atoms with Crippen molar-refractivity contribution in [3.63, 3.8) is 0 Å². The van der Waals surface area contributed by atoms with Crippen molar-refractivity contribution in [2.45, 2.75) is 10.8 Å². The third-order valence-corrected chi connectivity index (χ3v) is 40.7. The summed E-state index contributed by atoms with van der Waals surface area (Å²) >= 11 is 27.2. The molecule has 0 unspecified atom stereocenters. The van der Waals surface area contributed by atoms with Crippen LogP contribution in [0.3, 0.4) is 0 Å². The minimum absolute atomic E-state index is 0.0140. The van der Waals surface area contributed by atoms with E-state index in [1.54, 1.807) is 0 Å². The molecular weight excluding hydrogens is 1480 g/mol. The predicted molar refractivity (Wildman–Crippen MR) is 173 cm³/mol. The third-order valence-electron chi connectivity index (χ3n) is 2.41. The van der Waals surface area contributed by atoms with Crippen molar-refractivity contribution >= 4 is 248 Å². The van der Waals surface area contributed by atoms with Gasteiger partial charge in [-0.2, -0.15) is 0 Å². The molecular formula is C6HI11O. The summed E-state index contributed by atoms with van der Waals surface area (Å²) < 4.78 is -1.63. The lowest BCUT2D eigenvalue weighted by molar-refractivity contribution is 0.132. The lowest BCUT2D eigenvalue weighted by Gasteiger charge is -2.64. The Morgan fingerprint density at radius 1 is 0.389 bits per heavy atom. The molecule has 0 saturated heterocycles. The van der Waals surface area contributed by atoms with Gasteiger partial charge in [0.1, 0.15) is 7.14 Å². The number of aliphatic hydroxyl groups is 1. The molecule has 0 spiro atoms. The molecule has 0 heterocycles. The molecule has 0 aromatic heterocycles. The van der Waals surface area contributed by atoms with Crippen LogP contribution in [0.15, 0.2) is 0 Å². The molecule has 108 valence electrons. The van der Waals surface area contributed by atoms with Crippen molar-refractivity contribution in [3.8, 4) is 0 Å². The lowest BCUT2D eigenvalue weighted by Crippen LogP contribution is -2.77. The Morgan fingerprint density at radius 3 is 0.778 bits per heavy atom. The summed E-state index contributed by atoms with van der Waals surface area (Å²) in [6, 6.07) is 0. The second-order valence-electron chi connectivity index (χ2n) is 3.49. The van der Waals surface area contributed by atoms with Crippen LogP contribution in [0.2, 0.25) is 0 Å². The fourth-order valence-electron chi connectivity index (χ4n) is 1.20. The standard InChI is InChI=1S/C6HI11O/c7-1(8)2(9,10)4(13,14)6(17,18)5(15,16)3(1,11)12/h18H. The van der Waals surface area contributed by atoms with Crippen LogP contribution in [0.1, 0.15) is 0 Å². The highest BCUT2D eigenvalue weighted by Crippen LogP contribution is 2.82. The van der Waals surface area contributed by atoms with Gasteiger partial charge in [-0.3, -0.25) is 0 Å². The van der Waals surface area contributed by atoms with Gasteiger partial charge in [0, 0.05) is 0 Å². The molecule has 0 bridgehead atoms. The van der Waals surface area contributed by atoms with Crippen molar-refractivity contribution < 1.29 is 5.11 Å². The van der Waals surface area contributed by atoms with E-state index in [4.69, 9.17) is 0 Å². The van der Waals surface area contributed by atoms with Crippen LogP contribution in [0.25, 0.3) is 0 Å². The normalized spacial score (nSPS) is 34.0. The Labute approximate surface area is 256 Å². The fourth-order valence-corrected chi connectivity index (χ4v) is 20.4. The van der Waals surface area contributed by atoms with Gasteiger partial charge < -0.3 is 5.11 Å². The first-order valence-electron chi connectivity index (χ1n) is 3.80. The van der Waals surface area contributed by atoms with Gasteiger partial charge in [-0.15, -0.1) is 0 Å². The maximum atomic E-state index is 11.3. The molecule has 0 aromatic carbocycles. The quantitative estimate of drug-likeness (QED) is 0.193. The van der Waals surface area contributed by atoms with E-state index in [-0.39, 0.29) is 7.14 Å². The van der Waals surface area contributed by atoms with Crippen LogP contribution < -0.4 is 0 Å². The van der Waals surface area contributed by atoms with Crippen LogP contribution >= 0.6 is 248 Å². The molecule has 1 N–H and O–H groups in total. The van der Waals surface area contributed by atoms with E-state index < -0.39 is 3.61 Å². The zero-order valence-corrected chi connectivity index (χ0v) is 31.3. The Kier molecular flexibility index (Phi) is 9.92. The maximum Gasteiger partial charge on any atom is 0.166 e. The van der Waals surface area contributed by atoms with Crippen molar-refractivity contribution in [1.29, 1.82) is 0 Å².